The topological polar surface area (TPSA) is 87.5 Å². The third kappa shape index (κ3) is 4.80. The number of nitrogens with one attached hydrogen (secondary N) is 1. The Morgan fingerprint density at radius 3 is 2.93 bits per heavy atom. The maximum Gasteiger partial charge on any atom is 0.231 e. The van der Waals surface area contributed by atoms with Crippen molar-refractivity contribution >= 4 is 35.0 Å². The second-order valence-electron chi connectivity index (χ2n) is 6.39. The molecule has 2 aromatic carbocycles. The smallest absolute Gasteiger partial charge is 0.231 e. The van der Waals surface area contributed by atoms with Crippen molar-refractivity contribution in [2.75, 3.05) is 17.9 Å². The molecule has 30 heavy (non-hydrogen) atoms. The summed E-state index contributed by atoms with van der Waals surface area (Å²) in [4.78, 5) is 12.2. The van der Waals surface area contributed by atoms with Gasteiger partial charge in [0.05, 0.1) is 5.02 Å². The summed E-state index contributed by atoms with van der Waals surface area (Å²) in [6, 6.07) is 12.6. The zero-order chi connectivity index (χ0) is 20.9. The van der Waals surface area contributed by atoms with Crippen molar-refractivity contribution in [3.05, 3.63) is 53.3 Å². The summed E-state index contributed by atoms with van der Waals surface area (Å²) >= 11 is 7.55. The maximum absolute atomic E-state index is 12.2. The molecule has 0 radical (unpaired) electrons. The van der Waals surface area contributed by atoms with Crippen molar-refractivity contribution in [1.29, 1.82) is 0 Å². The van der Waals surface area contributed by atoms with Crippen molar-refractivity contribution in [3.8, 4) is 17.2 Å². The lowest BCUT2D eigenvalue weighted by molar-refractivity contribution is -0.115. The second-order valence-corrected chi connectivity index (χ2v) is 7.86. The molecule has 0 bridgehead atoms. The molecule has 8 nitrogen and oxygen atoms in total. The molecule has 1 aliphatic heterocycles. The van der Waals surface area contributed by atoms with Gasteiger partial charge in [0.1, 0.15) is 12.4 Å². The van der Waals surface area contributed by atoms with E-state index in [9.17, 15) is 4.79 Å². The van der Waals surface area contributed by atoms with E-state index >= 15 is 0 Å². The minimum atomic E-state index is -0.0918. The van der Waals surface area contributed by atoms with E-state index < -0.39 is 0 Å². The molecule has 0 fully saturated rings. The van der Waals surface area contributed by atoms with Crippen LogP contribution >= 0.6 is 23.4 Å². The molecule has 1 amide bonds. The molecular formula is C20H19ClN4O4S. The van der Waals surface area contributed by atoms with E-state index in [1.807, 2.05) is 23.7 Å². The highest BCUT2D eigenvalue weighted by molar-refractivity contribution is 7.99. The molecular weight excluding hydrogens is 428 g/mol. The van der Waals surface area contributed by atoms with Gasteiger partial charge in [-0.3, -0.25) is 4.79 Å². The standard InChI is InChI=1S/C20H19ClN4O4S/c1-25-18(11-27-15-5-3-2-4-14(15)21)23-24-20(25)30-9-8-19(26)22-13-6-7-16-17(10-13)29-12-28-16/h2-7,10H,8-9,11-12H2,1H3,(H,22,26). The van der Waals surface area contributed by atoms with Gasteiger partial charge in [0.25, 0.3) is 0 Å². The van der Waals surface area contributed by atoms with Crippen LogP contribution in [0.2, 0.25) is 5.02 Å². The first kappa shape index (κ1) is 20.4. The van der Waals surface area contributed by atoms with Crippen molar-refractivity contribution in [3.63, 3.8) is 0 Å². The quantitative estimate of drug-likeness (QED) is 0.525. The molecule has 1 aromatic heterocycles. The molecule has 0 atom stereocenters. The molecule has 0 unspecified atom stereocenters. The highest BCUT2D eigenvalue weighted by Crippen LogP contribution is 2.34. The van der Waals surface area contributed by atoms with E-state index in [0.717, 1.165) is 0 Å². The number of carbonyl (C=O) groups is 1. The number of ether oxygens (including phenoxy) is 3. The second kappa shape index (κ2) is 9.27. The number of hydrogen-bond acceptors (Lipinski definition) is 7. The summed E-state index contributed by atoms with van der Waals surface area (Å²) in [5.74, 6) is 3.05. The predicted molar refractivity (Wildman–Crippen MR) is 113 cm³/mol. The Labute approximate surface area is 182 Å². The molecule has 0 saturated heterocycles. The number of carbonyl (C=O) groups excluding carboxylic acids is 1. The van der Waals surface area contributed by atoms with Gasteiger partial charge in [0, 0.05) is 31.0 Å². The van der Waals surface area contributed by atoms with Gasteiger partial charge in [0.2, 0.25) is 12.7 Å². The van der Waals surface area contributed by atoms with Crippen LogP contribution in [0.15, 0.2) is 47.6 Å². The minimum Gasteiger partial charge on any atom is -0.484 e. The van der Waals surface area contributed by atoms with Gasteiger partial charge in [-0.25, -0.2) is 0 Å². The van der Waals surface area contributed by atoms with E-state index in [2.05, 4.69) is 15.5 Å². The van der Waals surface area contributed by atoms with Crippen LogP contribution in [-0.2, 0) is 18.4 Å². The van der Waals surface area contributed by atoms with Crippen LogP contribution in [0.1, 0.15) is 12.2 Å². The summed E-state index contributed by atoms with van der Waals surface area (Å²) in [7, 11) is 1.86. The van der Waals surface area contributed by atoms with Crippen molar-refractivity contribution < 1.29 is 19.0 Å². The third-order valence-corrected chi connectivity index (χ3v) is 5.67. The van der Waals surface area contributed by atoms with E-state index in [-0.39, 0.29) is 19.3 Å². The lowest BCUT2D eigenvalue weighted by Crippen LogP contribution is -2.12. The van der Waals surface area contributed by atoms with Crippen molar-refractivity contribution in [1.82, 2.24) is 14.8 Å². The van der Waals surface area contributed by atoms with Crippen molar-refractivity contribution in [2.24, 2.45) is 7.05 Å². The first-order valence-corrected chi connectivity index (χ1v) is 10.5. The van der Waals surface area contributed by atoms with Crippen LogP contribution in [0.5, 0.6) is 17.2 Å². The van der Waals surface area contributed by atoms with Crippen LogP contribution in [0.3, 0.4) is 0 Å². The number of fused-ring (bicyclic) bond motifs is 1. The zero-order valence-corrected chi connectivity index (χ0v) is 17.7. The zero-order valence-electron chi connectivity index (χ0n) is 16.1. The monoisotopic (exact) mass is 446 g/mol. The average molecular weight is 447 g/mol. The molecule has 3 aromatic rings. The Morgan fingerprint density at radius 2 is 2.07 bits per heavy atom. The van der Waals surface area contributed by atoms with Crippen LogP contribution in [0, 0.1) is 0 Å². The molecule has 1 N–H and O–H groups in total. The van der Waals surface area contributed by atoms with Gasteiger partial charge in [-0.05, 0) is 24.3 Å². The normalized spacial score (nSPS) is 12.1. The molecule has 2 heterocycles. The van der Waals surface area contributed by atoms with E-state index in [4.69, 9.17) is 25.8 Å². The third-order valence-electron chi connectivity index (χ3n) is 4.34. The van der Waals surface area contributed by atoms with E-state index in [1.165, 1.54) is 11.8 Å². The lowest BCUT2D eigenvalue weighted by Gasteiger charge is -2.08. The summed E-state index contributed by atoms with van der Waals surface area (Å²) < 4.78 is 18.1. The molecule has 156 valence electrons. The number of para-hydroxylation sites is 1. The van der Waals surface area contributed by atoms with Gasteiger partial charge < -0.3 is 24.1 Å². The first-order valence-electron chi connectivity index (χ1n) is 9.18. The number of thioether (sulfide) groups is 1. The van der Waals surface area contributed by atoms with Gasteiger partial charge >= 0.3 is 0 Å². The number of nitrogens with zero attached hydrogens (tertiary/aromatic N) is 3. The highest BCUT2D eigenvalue weighted by atomic mass is 35.5. The van der Waals surface area contributed by atoms with Gasteiger partial charge in [-0.2, -0.15) is 0 Å². The SMILES string of the molecule is Cn1c(COc2ccccc2Cl)nnc1SCCC(=O)Nc1ccc2c(c1)OCO2. The fourth-order valence-electron chi connectivity index (χ4n) is 2.73. The number of anilines is 1. The molecule has 0 spiro atoms. The lowest BCUT2D eigenvalue weighted by atomic mass is 10.2. The van der Waals surface area contributed by atoms with Crippen LogP contribution < -0.4 is 19.5 Å². The van der Waals surface area contributed by atoms with E-state index in [1.54, 1.807) is 30.3 Å². The summed E-state index contributed by atoms with van der Waals surface area (Å²) in [6.45, 7) is 0.449. The van der Waals surface area contributed by atoms with Gasteiger partial charge in [-0.15, -0.1) is 10.2 Å². The highest BCUT2D eigenvalue weighted by Gasteiger charge is 2.15. The van der Waals surface area contributed by atoms with Gasteiger partial charge in [0.15, 0.2) is 22.5 Å². The molecule has 10 heteroatoms. The fourth-order valence-corrected chi connectivity index (χ4v) is 3.79. The Hall–Kier alpha value is -2.91. The number of benzene rings is 2. The fraction of sp³-hybridized carbons (Fsp3) is 0.250. The summed E-state index contributed by atoms with van der Waals surface area (Å²) in [5, 5.41) is 12.4. The van der Waals surface area contributed by atoms with E-state index in [0.29, 0.717) is 51.1 Å². The number of rotatable bonds is 8. The van der Waals surface area contributed by atoms with Crippen LogP contribution in [0.4, 0.5) is 5.69 Å². The summed E-state index contributed by atoms with van der Waals surface area (Å²) in [5.41, 5.74) is 0.673. The molecule has 1 aliphatic rings. The molecule has 0 aliphatic carbocycles. The van der Waals surface area contributed by atoms with Crippen molar-refractivity contribution in [2.45, 2.75) is 18.2 Å². The average Bonchev–Trinajstić information content (AvgIpc) is 3.34. The number of aromatic nitrogens is 3. The number of halogens is 1. The van der Waals surface area contributed by atoms with Crippen LogP contribution in [0.25, 0.3) is 0 Å². The predicted octanol–water partition coefficient (Wildman–Crippen LogP) is 3.90. The molecule has 0 saturated carbocycles. The number of amides is 1. The number of hydrogen-bond donors (Lipinski definition) is 1. The Bertz CT molecular complexity index is 1060. The van der Waals surface area contributed by atoms with Gasteiger partial charge in [-0.1, -0.05) is 35.5 Å². The largest absolute Gasteiger partial charge is 0.484 e. The first-order chi connectivity index (χ1) is 14.6. The minimum absolute atomic E-state index is 0.0918. The molecule has 4 rings (SSSR count). The Kier molecular flexibility index (Phi) is 6.29. The Morgan fingerprint density at radius 1 is 1.23 bits per heavy atom. The maximum atomic E-state index is 12.2. The van der Waals surface area contributed by atoms with Crippen LogP contribution in [-0.4, -0.2) is 33.2 Å². The Balaban J connectivity index is 1.25. The summed E-state index contributed by atoms with van der Waals surface area (Å²) in [6.07, 6.45) is 0.331.